The van der Waals surface area contributed by atoms with E-state index in [1.54, 1.807) is 0 Å². The molecule has 28 heavy (non-hydrogen) atoms. The van der Waals surface area contributed by atoms with E-state index in [1.807, 2.05) is 6.92 Å². The van der Waals surface area contributed by atoms with Crippen molar-refractivity contribution < 1.29 is 13.5 Å². The lowest BCUT2D eigenvalue weighted by Crippen LogP contribution is -2.49. The first-order valence-electron chi connectivity index (χ1n) is 9.47. The van der Waals surface area contributed by atoms with E-state index < -0.39 is 11.6 Å². The van der Waals surface area contributed by atoms with Gasteiger partial charge in [0.2, 0.25) is 0 Å². The van der Waals surface area contributed by atoms with Gasteiger partial charge in [-0.3, -0.25) is 4.90 Å². The molecule has 1 fully saturated rings. The second kappa shape index (κ2) is 12.9. The fourth-order valence-electron chi connectivity index (χ4n) is 3.02. The highest BCUT2D eigenvalue weighted by Gasteiger charge is 2.19. The van der Waals surface area contributed by atoms with Gasteiger partial charge in [-0.05, 0) is 38.8 Å². The minimum Gasteiger partial charge on any atom is -0.492 e. The van der Waals surface area contributed by atoms with Crippen LogP contribution in [0.4, 0.5) is 8.78 Å². The number of likely N-dealkylation sites (tertiary alicyclic amines) is 1. The number of benzene rings is 1. The molecule has 1 saturated heterocycles. The monoisotopic (exact) mass is 508 g/mol. The van der Waals surface area contributed by atoms with Crippen LogP contribution in [0.5, 0.6) is 5.75 Å². The van der Waals surface area contributed by atoms with Gasteiger partial charge < -0.3 is 15.4 Å². The maximum Gasteiger partial charge on any atom is 0.191 e. The number of rotatable bonds is 8. The zero-order valence-electron chi connectivity index (χ0n) is 16.6. The Morgan fingerprint density at radius 1 is 1.29 bits per heavy atom. The number of piperidine rings is 1. The molecular weight excluding hydrogens is 477 g/mol. The van der Waals surface area contributed by atoms with Gasteiger partial charge in [0.05, 0.1) is 6.54 Å². The van der Waals surface area contributed by atoms with Gasteiger partial charge in [-0.25, -0.2) is 13.8 Å². The molecule has 1 aliphatic rings. The Morgan fingerprint density at radius 2 is 2.00 bits per heavy atom. The average Bonchev–Trinajstić information content (AvgIpc) is 2.63. The Labute approximate surface area is 183 Å². The molecule has 1 aromatic rings. The molecular formula is C20H31F2IN4O. The van der Waals surface area contributed by atoms with Crippen LogP contribution in [0.25, 0.3) is 0 Å². The molecule has 0 saturated carbocycles. The predicted octanol–water partition coefficient (Wildman–Crippen LogP) is 3.56. The Hall–Kier alpha value is -1.42. The summed E-state index contributed by atoms with van der Waals surface area (Å²) in [5.41, 5.74) is 1.19. The molecule has 5 nitrogen and oxygen atoms in total. The molecule has 158 valence electrons. The van der Waals surface area contributed by atoms with Crippen molar-refractivity contribution in [2.45, 2.75) is 32.7 Å². The van der Waals surface area contributed by atoms with Crippen molar-refractivity contribution in [2.24, 2.45) is 4.99 Å². The van der Waals surface area contributed by atoms with Gasteiger partial charge in [0.25, 0.3) is 0 Å². The number of halogens is 3. The molecule has 0 aromatic heterocycles. The normalized spacial score (nSPS) is 15.6. The molecule has 0 bridgehead atoms. The Kier molecular flexibility index (Phi) is 11.4. The van der Waals surface area contributed by atoms with Crippen molar-refractivity contribution in [3.8, 4) is 5.75 Å². The average molecular weight is 508 g/mol. The fourth-order valence-corrected chi connectivity index (χ4v) is 3.02. The number of hydrogen-bond acceptors (Lipinski definition) is 3. The van der Waals surface area contributed by atoms with E-state index in [4.69, 9.17) is 4.74 Å². The summed E-state index contributed by atoms with van der Waals surface area (Å²) in [5.74, 6) is -0.742. The van der Waals surface area contributed by atoms with Gasteiger partial charge in [-0.2, -0.15) is 0 Å². The quantitative estimate of drug-likeness (QED) is 0.186. The molecule has 2 N–H and O–H groups in total. The summed E-state index contributed by atoms with van der Waals surface area (Å²) >= 11 is 0. The molecule has 0 spiro atoms. The number of guanidine groups is 1. The molecule has 2 rings (SSSR count). The zero-order chi connectivity index (χ0) is 19.6. The van der Waals surface area contributed by atoms with Crippen LogP contribution in [0.1, 0.15) is 26.7 Å². The first-order valence-corrected chi connectivity index (χ1v) is 9.47. The van der Waals surface area contributed by atoms with Gasteiger partial charge in [0.15, 0.2) is 17.6 Å². The van der Waals surface area contributed by atoms with Crippen LogP contribution in [0, 0.1) is 11.6 Å². The standard InChI is InChI=1S/C20H30F2N4O.HI/c1-4-23-20(25-16-7-10-26(11-8-16)14-15(2)3)24-9-12-27-17-5-6-18(21)19(22)13-17;/h5-6,13,16H,2,4,7-12,14H2,1,3H3,(H2,23,24,25);1H. The zero-order valence-corrected chi connectivity index (χ0v) is 19.0. The summed E-state index contributed by atoms with van der Waals surface area (Å²) in [6.07, 6.45) is 2.12. The van der Waals surface area contributed by atoms with E-state index in [0.29, 0.717) is 24.9 Å². The number of nitrogens with zero attached hydrogens (tertiary/aromatic N) is 2. The third-order valence-electron chi connectivity index (χ3n) is 4.29. The smallest absolute Gasteiger partial charge is 0.191 e. The van der Waals surface area contributed by atoms with Crippen LogP contribution in [0.2, 0.25) is 0 Å². The summed E-state index contributed by atoms with van der Waals surface area (Å²) in [4.78, 5) is 6.92. The van der Waals surface area contributed by atoms with Gasteiger partial charge in [0.1, 0.15) is 12.4 Å². The van der Waals surface area contributed by atoms with Crippen LogP contribution < -0.4 is 15.4 Å². The van der Waals surface area contributed by atoms with Crippen molar-refractivity contribution in [1.82, 2.24) is 15.5 Å². The molecule has 0 aliphatic carbocycles. The van der Waals surface area contributed by atoms with E-state index in [0.717, 1.165) is 57.1 Å². The van der Waals surface area contributed by atoms with Gasteiger partial charge in [-0.1, -0.05) is 12.2 Å². The third kappa shape index (κ3) is 8.72. The lowest BCUT2D eigenvalue weighted by atomic mass is 10.0. The van der Waals surface area contributed by atoms with Crippen molar-refractivity contribution in [3.05, 3.63) is 42.0 Å². The lowest BCUT2D eigenvalue weighted by molar-refractivity contribution is 0.221. The molecule has 8 heteroatoms. The second-order valence-electron chi connectivity index (χ2n) is 6.84. The SMILES string of the molecule is C=C(C)CN1CCC(NC(=NCCOc2ccc(F)c(F)c2)NCC)CC1.I. The van der Waals surface area contributed by atoms with Crippen LogP contribution >= 0.6 is 24.0 Å². The summed E-state index contributed by atoms with van der Waals surface area (Å²) < 4.78 is 31.5. The first kappa shape index (κ1) is 24.6. The Morgan fingerprint density at radius 3 is 2.61 bits per heavy atom. The summed E-state index contributed by atoms with van der Waals surface area (Å²) in [7, 11) is 0. The van der Waals surface area contributed by atoms with Crippen molar-refractivity contribution in [1.29, 1.82) is 0 Å². The molecule has 0 atom stereocenters. The highest BCUT2D eigenvalue weighted by atomic mass is 127. The molecule has 1 heterocycles. The fraction of sp³-hybridized carbons (Fsp3) is 0.550. The van der Waals surface area contributed by atoms with Crippen molar-refractivity contribution in [3.63, 3.8) is 0 Å². The van der Waals surface area contributed by atoms with E-state index >= 15 is 0 Å². The molecule has 1 aromatic carbocycles. The van der Waals surface area contributed by atoms with Gasteiger partial charge >= 0.3 is 0 Å². The number of aliphatic imine (C=N–C) groups is 1. The van der Waals surface area contributed by atoms with Crippen molar-refractivity contribution >= 4 is 29.9 Å². The predicted molar refractivity (Wildman–Crippen MR) is 121 cm³/mol. The number of hydrogen-bond donors (Lipinski definition) is 2. The van der Waals surface area contributed by atoms with Crippen LogP contribution in [0.3, 0.4) is 0 Å². The highest BCUT2D eigenvalue weighted by Crippen LogP contribution is 2.15. The molecule has 1 aliphatic heterocycles. The number of nitrogens with one attached hydrogen (secondary N) is 2. The first-order chi connectivity index (χ1) is 13.0. The second-order valence-corrected chi connectivity index (χ2v) is 6.84. The summed E-state index contributed by atoms with van der Waals surface area (Å²) in [5, 5.41) is 6.71. The summed E-state index contributed by atoms with van der Waals surface area (Å²) in [6, 6.07) is 3.89. The lowest BCUT2D eigenvalue weighted by Gasteiger charge is -2.33. The van der Waals surface area contributed by atoms with Crippen molar-refractivity contribution in [2.75, 3.05) is 39.3 Å². The topological polar surface area (TPSA) is 48.9 Å². The highest BCUT2D eigenvalue weighted by molar-refractivity contribution is 14.0. The molecule has 0 unspecified atom stereocenters. The van der Waals surface area contributed by atoms with E-state index in [9.17, 15) is 8.78 Å². The third-order valence-corrected chi connectivity index (χ3v) is 4.29. The van der Waals surface area contributed by atoms with Gasteiger partial charge in [-0.15, -0.1) is 24.0 Å². The Balaban J connectivity index is 0.00000392. The summed E-state index contributed by atoms with van der Waals surface area (Å²) in [6.45, 7) is 12.6. The van der Waals surface area contributed by atoms with Crippen LogP contribution in [0.15, 0.2) is 35.3 Å². The van der Waals surface area contributed by atoms with E-state index in [1.165, 1.54) is 11.6 Å². The van der Waals surface area contributed by atoms with Crippen LogP contribution in [-0.4, -0.2) is 56.2 Å². The Bertz CT molecular complexity index is 649. The largest absolute Gasteiger partial charge is 0.492 e. The van der Waals surface area contributed by atoms with E-state index in [-0.39, 0.29) is 24.0 Å². The minimum atomic E-state index is -0.913. The molecule has 0 amide bonds. The van der Waals surface area contributed by atoms with Crippen LogP contribution in [-0.2, 0) is 0 Å². The minimum absolute atomic E-state index is 0. The maximum atomic E-state index is 13.2. The molecule has 0 radical (unpaired) electrons. The maximum absolute atomic E-state index is 13.2. The van der Waals surface area contributed by atoms with E-state index in [2.05, 4.69) is 34.0 Å². The number of ether oxygens (including phenoxy) is 1. The van der Waals surface area contributed by atoms with Gasteiger partial charge in [0, 0.05) is 38.3 Å².